The maximum Gasteiger partial charge on any atom is 0.179 e. The SMILES string of the molecule is COc1ccc2c(c1F)C(=O)CCO2. The third kappa shape index (κ3) is 1.23. The molecular weight excluding hydrogens is 187 g/mol. The van der Waals surface area contributed by atoms with E-state index in [9.17, 15) is 9.18 Å². The lowest BCUT2D eigenvalue weighted by atomic mass is 10.0. The first-order valence-corrected chi connectivity index (χ1v) is 4.26. The molecule has 0 amide bonds. The third-order valence-corrected chi connectivity index (χ3v) is 2.15. The number of Topliss-reactive ketones (excluding diaryl/α,β-unsaturated/α-hetero) is 1. The van der Waals surface area contributed by atoms with Crippen LogP contribution in [0, 0.1) is 5.82 Å². The van der Waals surface area contributed by atoms with Crippen LogP contribution in [-0.2, 0) is 0 Å². The molecule has 0 saturated heterocycles. The Bertz CT molecular complexity index is 387. The van der Waals surface area contributed by atoms with Crippen LogP contribution in [0.3, 0.4) is 0 Å². The fraction of sp³-hybridized carbons (Fsp3) is 0.300. The monoisotopic (exact) mass is 196 g/mol. The number of benzene rings is 1. The van der Waals surface area contributed by atoms with E-state index in [4.69, 9.17) is 9.47 Å². The van der Waals surface area contributed by atoms with Crippen LogP contribution < -0.4 is 9.47 Å². The first-order chi connectivity index (χ1) is 6.74. The molecule has 0 aliphatic carbocycles. The minimum Gasteiger partial charge on any atom is -0.494 e. The number of ketones is 1. The van der Waals surface area contributed by atoms with Gasteiger partial charge in [-0.3, -0.25) is 4.79 Å². The highest BCUT2D eigenvalue weighted by atomic mass is 19.1. The van der Waals surface area contributed by atoms with Crippen LogP contribution >= 0.6 is 0 Å². The molecule has 0 fully saturated rings. The van der Waals surface area contributed by atoms with E-state index < -0.39 is 5.82 Å². The number of carbonyl (C=O) groups is 1. The van der Waals surface area contributed by atoms with Crippen molar-refractivity contribution in [3.63, 3.8) is 0 Å². The Morgan fingerprint density at radius 1 is 1.50 bits per heavy atom. The summed E-state index contributed by atoms with van der Waals surface area (Å²) >= 11 is 0. The highest BCUT2D eigenvalue weighted by Crippen LogP contribution is 2.32. The summed E-state index contributed by atoms with van der Waals surface area (Å²) in [7, 11) is 1.36. The number of methoxy groups -OCH3 is 1. The van der Waals surface area contributed by atoms with Crippen molar-refractivity contribution in [1.82, 2.24) is 0 Å². The Hall–Kier alpha value is -1.58. The van der Waals surface area contributed by atoms with Crippen molar-refractivity contribution in [3.8, 4) is 11.5 Å². The number of fused-ring (bicyclic) bond motifs is 1. The van der Waals surface area contributed by atoms with Crippen molar-refractivity contribution in [2.24, 2.45) is 0 Å². The van der Waals surface area contributed by atoms with E-state index in [0.717, 1.165) is 0 Å². The molecule has 74 valence electrons. The summed E-state index contributed by atoms with van der Waals surface area (Å²) in [6.07, 6.45) is 0.219. The Morgan fingerprint density at radius 2 is 2.29 bits per heavy atom. The molecule has 1 aromatic rings. The molecule has 1 aliphatic rings. The Morgan fingerprint density at radius 3 is 3.00 bits per heavy atom. The molecule has 0 aromatic heterocycles. The Balaban J connectivity index is 2.60. The van der Waals surface area contributed by atoms with E-state index in [0.29, 0.717) is 12.4 Å². The van der Waals surface area contributed by atoms with Gasteiger partial charge < -0.3 is 9.47 Å². The second-order valence-corrected chi connectivity index (χ2v) is 2.98. The summed E-state index contributed by atoms with van der Waals surface area (Å²) in [4.78, 5) is 11.4. The van der Waals surface area contributed by atoms with E-state index in [1.165, 1.54) is 13.2 Å². The van der Waals surface area contributed by atoms with E-state index >= 15 is 0 Å². The zero-order valence-electron chi connectivity index (χ0n) is 7.67. The van der Waals surface area contributed by atoms with Crippen LogP contribution in [0.5, 0.6) is 11.5 Å². The van der Waals surface area contributed by atoms with Gasteiger partial charge in [0.2, 0.25) is 0 Å². The van der Waals surface area contributed by atoms with Crippen molar-refractivity contribution >= 4 is 5.78 Å². The highest BCUT2D eigenvalue weighted by molar-refractivity contribution is 6.00. The molecule has 0 saturated carbocycles. The minimum absolute atomic E-state index is 0.00981. The van der Waals surface area contributed by atoms with Crippen LogP contribution in [0.1, 0.15) is 16.8 Å². The number of hydrogen-bond donors (Lipinski definition) is 0. The van der Waals surface area contributed by atoms with Gasteiger partial charge >= 0.3 is 0 Å². The predicted octanol–water partition coefficient (Wildman–Crippen LogP) is 1.80. The van der Waals surface area contributed by atoms with Crippen LogP contribution in [-0.4, -0.2) is 19.5 Å². The van der Waals surface area contributed by atoms with Crippen molar-refractivity contribution in [1.29, 1.82) is 0 Å². The molecule has 0 atom stereocenters. The molecule has 0 bridgehead atoms. The number of halogens is 1. The highest BCUT2D eigenvalue weighted by Gasteiger charge is 2.24. The van der Waals surface area contributed by atoms with Gasteiger partial charge in [-0.1, -0.05) is 0 Å². The van der Waals surface area contributed by atoms with E-state index in [1.807, 2.05) is 0 Å². The van der Waals surface area contributed by atoms with E-state index in [1.54, 1.807) is 6.07 Å². The number of carbonyl (C=O) groups excluding carboxylic acids is 1. The second kappa shape index (κ2) is 3.29. The van der Waals surface area contributed by atoms with Gasteiger partial charge in [-0.05, 0) is 12.1 Å². The molecule has 2 rings (SSSR count). The topological polar surface area (TPSA) is 35.5 Å². The molecule has 1 aliphatic heterocycles. The second-order valence-electron chi connectivity index (χ2n) is 2.98. The average molecular weight is 196 g/mol. The van der Waals surface area contributed by atoms with Crippen molar-refractivity contribution in [2.75, 3.05) is 13.7 Å². The molecule has 0 radical (unpaired) electrons. The smallest absolute Gasteiger partial charge is 0.179 e. The maximum absolute atomic E-state index is 13.6. The maximum atomic E-state index is 13.6. The van der Waals surface area contributed by atoms with E-state index in [-0.39, 0.29) is 23.5 Å². The minimum atomic E-state index is -0.630. The van der Waals surface area contributed by atoms with Gasteiger partial charge in [-0.2, -0.15) is 0 Å². The summed E-state index contributed by atoms with van der Waals surface area (Å²) in [6.45, 7) is 0.317. The third-order valence-electron chi connectivity index (χ3n) is 2.15. The summed E-state index contributed by atoms with van der Waals surface area (Å²) in [5.74, 6) is -0.487. The van der Waals surface area contributed by atoms with Gasteiger partial charge in [-0.15, -0.1) is 0 Å². The summed E-state index contributed by atoms with van der Waals surface area (Å²) < 4.78 is 23.5. The van der Waals surface area contributed by atoms with Gasteiger partial charge in [0, 0.05) is 6.42 Å². The number of rotatable bonds is 1. The summed E-state index contributed by atoms with van der Waals surface area (Å²) in [6, 6.07) is 3.00. The summed E-state index contributed by atoms with van der Waals surface area (Å²) in [5, 5.41) is 0. The summed E-state index contributed by atoms with van der Waals surface area (Å²) in [5.41, 5.74) is 0.00981. The molecule has 4 heteroatoms. The molecule has 1 aromatic carbocycles. The van der Waals surface area contributed by atoms with Gasteiger partial charge in [0.1, 0.15) is 5.75 Å². The molecule has 0 N–H and O–H groups in total. The molecule has 1 heterocycles. The van der Waals surface area contributed by atoms with Gasteiger partial charge in [0.25, 0.3) is 0 Å². The normalized spacial score (nSPS) is 14.6. The van der Waals surface area contributed by atoms with Gasteiger partial charge in [-0.25, -0.2) is 4.39 Å². The molecule has 14 heavy (non-hydrogen) atoms. The molecule has 0 spiro atoms. The fourth-order valence-electron chi connectivity index (χ4n) is 1.46. The Labute approximate surface area is 80.4 Å². The molecular formula is C10H9FO3. The van der Waals surface area contributed by atoms with Crippen LogP contribution in [0.15, 0.2) is 12.1 Å². The lowest BCUT2D eigenvalue weighted by Gasteiger charge is -2.17. The average Bonchev–Trinajstić information content (AvgIpc) is 2.18. The van der Waals surface area contributed by atoms with Crippen molar-refractivity contribution in [2.45, 2.75) is 6.42 Å². The van der Waals surface area contributed by atoms with Crippen LogP contribution in [0.2, 0.25) is 0 Å². The fourth-order valence-corrected chi connectivity index (χ4v) is 1.46. The largest absolute Gasteiger partial charge is 0.494 e. The zero-order valence-corrected chi connectivity index (χ0v) is 7.67. The van der Waals surface area contributed by atoms with Crippen molar-refractivity contribution in [3.05, 3.63) is 23.5 Å². The number of hydrogen-bond acceptors (Lipinski definition) is 3. The van der Waals surface area contributed by atoms with Gasteiger partial charge in [0.05, 0.1) is 19.3 Å². The zero-order chi connectivity index (χ0) is 10.1. The lowest BCUT2D eigenvalue weighted by Crippen LogP contribution is -2.17. The number of ether oxygens (including phenoxy) is 2. The standard InChI is InChI=1S/C10H9FO3/c1-13-8-3-2-7-9(10(8)11)6(12)4-5-14-7/h2-3H,4-5H2,1H3. The molecule has 0 unspecified atom stereocenters. The lowest BCUT2D eigenvalue weighted by molar-refractivity contribution is 0.0927. The van der Waals surface area contributed by atoms with E-state index in [2.05, 4.69) is 0 Å². The first kappa shape index (κ1) is 8.99. The van der Waals surface area contributed by atoms with Crippen molar-refractivity contribution < 1.29 is 18.7 Å². The van der Waals surface area contributed by atoms with Gasteiger partial charge in [0.15, 0.2) is 17.3 Å². The quantitative estimate of drug-likeness (QED) is 0.687. The van der Waals surface area contributed by atoms with Crippen LogP contribution in [0.4, 0.5) is 4.39 Å². The Kier molecular flexibility index (Phi) is 2.11. The first-order valence-electron chi connectivity index (χ1n) is 4.26. The predicted molar refractivity (Wildman–Crippen MR) is 47.4 cm³/mol. The molecule has 3 nitrogen and oxygen atoms in total. The van der Waals surface area contributed by atoms with Crippen LogP contribution in [0.25, 0.3) is 0 Å².